The summed E-state index contributed by atoms with van der Waals surface area (Å²) in [5, 5.41) is 15.1. The zero-order valence-corrected chi connectivity index (χ0v) is 14.1. The number of hydrogen-bond donors (Lipinski definition) is 2. The van der Waals surface area contributed by atoms with Crippen LogP contribution in [0.15, 0.2) is 29.6 Å². The molecule has 1 unspecified atom stereocenters. The van der Waals surface area contributed by atoms with E-state index in [1.165, 1.54) is 11.3 Å². The van der Waals surface area contributed by atoms with E-state index in [-0.39, 0.29) is 5.91 Å². The highest BCUT2D eigenvalue weighted by Gasteiger charge is 2.14. The fourth-order valence-electron chi connectivity index (χ4n) is 2.00. The Morgan fingerprint density at radius 1 is 1.36 bits per heavy atom. The SMILES string of the molecule is C[NH+](CC(=O)Nc1sccc1C#N)Cc1ccc(Cl)c(Cl)c1. The fourth-order valence-corrected chi connectivity index (χ4v) is 3.07. The number of benzene rings is 1. The first-order valence-corrected chi connectivity index (χ1v) is 8.16. The monoisotopic (exact) mass is 354 g/mol. The van der Waals surface area contributed by atoms with Crippen LogP contribution in [0.4, 0.5) is 5.00 Å². The second-order valence-corrected chi connectivity index (χ2v) is 6.61. The molecular formula is C15H14Cl2N3OS+. The Morgan fingerprint density at radius 3 is 2.82 bits per heavy atom. The lowest BCUT2D eigenvalue weighted by Gasteiger charge is -2.14. The minimum absolute atomic E-state index is 0.128. The molecule has 22 heavy (non-hydrogen) atoms. The van der Waals surface area contributed by atoms with Gasteiger partial charge in [-0.25, -0.2) is 0 Å². The number of anilines is 1. The molecule has 0 radical (unpaired) electrons. The lowest BCUT2D eigenvalue weighted by molar-refractivity contribution is -0.885. The van der Waals surface area contributed by atoms with Crippen molar-refractivity contribution in [2.45, 2.75) is 6.54 Å². The summed E-state index contributed by atoms with van der Waals surface area (Å²) in [5.41, 5.74) is 1.49. The Bertz CT molecular complexity index is 724. The molecule has 0 saturated carbocycles. The summed E-state index contributed by atoms with van der Waals surface area (Å²) < 4.78 is 0. The van der Waals surface area contributed by atoms with Crippen LogP contribution in [0, 0.1) is 11.3 Å². The highest BCUT2D eigenvalue weighted by Crippen LogP contribution is 2.22. The number of nitriles is 1. The van der Waals surface area contributed by atoms with Gasteiger partial charge in [-0.2, -0.15) is 5.26 Å². The van der Waals surface area contributed by atoms with Crippen LogP contribution < -0.4 is 10.2 Å². The van der Waals surface area contributed by atoms with Crippen molar-refractivity contribution in [2.24, 2.45) is 0 Å². The van der Waals surface area contributed by atoms with Crippen molar-refractivity contribution in [1.82, 2.24) is 0 Å². The Hall–Kier alpha value is -1.58. The number of halogens is 2. The molecule has 114 valence electrons. The maximum absolute atomic E-state index is 12.0. The number of thiophene rings is 1. The molecule has 1 amide bonds. The molecule has 1 aromatic carbocycles. The van der Waals surface area contributed by atoms with Crippen molar-refractivity contribution >= 4 is 45.4 Å². The Balaban J connectivity index is 1.91. The normalized spacial score (nSPS) is 11.7. The fraction of sp³-hybridized carbons (Fsp3) is 0.200. The van der Waals surface area contributed by atoms with Crippen LogP contribution in [0.3, 0.4) is 0 Å². The van der Waals surface area contributed by atoms with Crippen molar-refractivity contribution < 1.29 is 9.69 Å². The Morgan fingerprint density at radius 2 is 2.14 bits per heavy atom. The second-order valence-electron chi connectivity index (χ2n) is 4.88. The lowest BCUT2D eigenvalue weighted by Crippen LogP contribution is -3.08. The number of nitrogens with zero attached hydrogens (tertiary/aromatic N) is 1. The van der Waals surface area contributed by atoms with E-state index in [2.05, 4.69) is 5.32 Å². The first kappa shape index (κ1) is 16.8. The summed E-state index contributed by atoms with van der Waals surface area (Å²) >= 11 is 13.2. The number of hydrogen-bond acceptors (Lipinski definition) is 3. The van der Waals surface area contributed by atoms with E-state index >= 15 is 0 Å². The molecule has 0 aliphatic rings. The topological polar surface area (TPSA) is 57.3 Å². The minimum Gasteiger partial charge on any atom is -0.326 e. The maximum Gasteiger partial charge on any atom is 0.280 e. The van der Waals surface area contributed by atoms with E-state index in [1.807, 2.05) is 19.2 Å². The van der Waals surface area contributed by atoms with E-state index in [0.29, 0.717) is 33.7 Å². The van der Waals surface area contributed by atoms with Gasteiger partial charge in [0.15, 0.2) is 6.54 Å². The summed E-state index contributed by atoms with van der Waals surface area (Å²) in [7, 11) is 1.92. The molecule has 1 aromatic heterocycles. The summed E-state index contributed by atoms with van der Waals surface area (Å²) in [6.07, 6.45) is 0. The largest absolute Gasteiger partial charge is 0.326 e. The van der Waals surface area contributed by atoms with Gasteiger partial charge in [-0.3, -0.25) is 4.79 Å². The zero-order chi connectivity index (χ0) is 16.1. The molecule has 0 aliphatic heterocycles. The Kier molecular flexibility index (Phi) is 5.81. The third-order valence-corrected chi connectivity index (χ3v) is 4.56. The number of nitrogens with one attached hydrogen (secondary N) is 2. The van der Waals surface area contributed by atoms with Crippen LogP contribution in [0.1, 0.15) is 11.1 Å². The molecule has 0 bridgehead atoms. The molecule has 0 saturated heterocycles. The van der Waals surface area contributed by atoms with Crippen LogP contribution in [0.5, 0.6) is 0 Å². The zero-order valence-electron chi connectivity index (χ0n) is 11.8. The third-order valence-electron chi connectivity index (χ3n) is 2.99. The highest BCUT2D eigenvalue weighted by atomic mass is 35.5. The number of carbonyl (C=O) groups is 1. The first-order chi connectivity index (χ1) is 10.5. The van der Waals surface area contributed by atoms with Gasteiger partial charge in [0.25, 0.3) is 5.91 Å². The quantitative estimate of drug-likeness (QED) is 0.866. The molecule has 0 aliphatic carbocycles. The van der Waals surface area contributed by atoms with Gasteiger partial charge in [-0.15, -0.1) is 11.3 Å². The van der Waals surface area contributed by atoms with E-state index < -0.39 is 0 Å². The Labute approximate surface area is 142 Å². The van der Waals surface area contributed by atoms with Gasteiger partial charge in [-0.05, 0) is 23.6 Å². The standard InChI is InChI=1S/C15H13Cl2N3OS/c1-20(8-10-2-3-12(16)13(17)6-10)9-14(21)19-15-11(7-18)4-5-22-15/h2-6H,8-9H2,1H3,(H,19,21)/p+1. The summed E-state index contributed by atoms with van der Waals surface area (Å²) in [6, 6.07) is 9.18. The molecule has 1 atom stereocenters. The van der Waals surface area contributed by atoms with Crippen LogP contribution in [-0.2, 0) is 11.3 Å². The number of rotatable bonds is 5. The van der Waals surface area contributed by atoms with Crippen LogP contribution >= 0.6 is 34.5 Å². The molecule has 1 heterocycles. The average molecular weight is 355 g/mol. The van der Waals surface area contributed by atoms with Gasteiger partial charge < -0.3 is 10.2 Å². The first-order valence-electron chi connectivity index (χ1n) is 6.52. The smallest absolute Gasteiger partial charge is 0.280 e. The van der Waals surface area contributed by atoms with Crippen LogP contribution in [-0.4, -0.2) is 19.5 Å². The van der Waals surface area contributed by atoms with Gasteiger partial charge in [0.2, 0.25) is 0 Å². The number of likely N-dealkylation sites (N-methyl/N-ethyl adjacent to an activating group) is 1. The maximum atomic E-state index is 12.0. The van der Waals surface area contributed by atoms with Crippen molar-refractivity contribution in [3.05, 3.63) is 50.8 Å². The molecule has 0 fully saturated rings. The average Bonchev–Trinajstić information content (AvgIpc) is 2.89. The van der Waals surface area contributed by atoms with Gasteiger partial charge in [-0.1, -0.05) is 29.3 Å². The van der Waals surface area contributed by atoms with Crippen molar-refractivity contribution in [3.63, 3.8) is 0 Å². The van der Waals surface area contributed by atoms with E-state index in [1.54, 1.807) is 23.6 Å². The molecule has 7 heteroatoms. The van der Waals surface area contributed by atoms with E-state index in [9.17, 15) is 4.79 Å². The molecule has 2 aromatic rings. The minimum atomic E-state index is -0.128. The van der Waals surface area contributed by atoms with Crippen molar-refractivity contribution in [3.8, 4) is 6.07 Å². The second kappa shape index (κ2) is 7.61. The third kappa shape index (κ3) is 4.46. The van der Waals surface area contributed by atoms with Crippen LogP contribution in [0.25, 0.3) is 0 Å². The molecule has 2 rings (SSSR count). The molecule has 4 nitrogen and oxygen atoms in total. The summed E-state index contributed by atoms with van der Waals surface area (Å²) in [6.45, 7) is 0.947. The lowest BCUT2D eigenvalue weighted by atomic mass is 10.2. The van der Waals surface area contributed by atoms with Gasteiger partial charge in [0.1, 0.15) is 17.6 Å². The van der Waals surface area contributed by atoms with Gasteiger partial charge in [0.05, 0.1) is 22.7 Å². The number of amides is 1. The molecule has 0 spiro atoms. The summed E-state index contributed by atoms with van der Waals surface area (Å²) in [5.74, 6) is -0.128. The predicted octanol–water partition coefficient (Wildman–Crippen LogP) is 2.58. The predicted molar refractivity (Wildman–Crippen MR) is 89.6 cm³/mol. The van der Waals surface area contributed by atoms with Gasteiger partial charge in [0, 0.05) is 5.56 Å². The van der Waals surface area contributed by atoms with Crippen LogP contribution in [0.2, 0.25) is 10.0 Å². The number of quaternary nitrogens is 1. The van der Waals surface area contributed by atoms with Crippen molar-refractivity contribution in [1.29, 1.82) is 5.26 Å². The summed E-state index contributed by atoms with van der Waals surface area (Å²) in [4.78, 5) is 13.0. The molecule has 2 N–H and O–H groups in total. The highest BCUT2D eigenvalue weighted by molar-refractivity contribution is 7.14. The van der Waals surface area contributed by atoms with E-state index in [4.69, 9.17) is 28.5 Å². The number of carbonyl (C=O) groups excluding carboxylic acids is 1. The van der Waals surface area contributed by atoms with E-state index in [0.717, 1.165) is 10.5 Å². The van der Waals surface area contributed by atoms with Crippen molar-refractivity contribution in [2.75, 3.05) is 18.9 Å². The molecular weight excluding hydrogens is 341 g/mol. The van der Waals surface area contributed by atoms with Gasteiger partial charge >= 0.3 is 0 Å².